The van der Waals surface area contributed by atoms with Crippen LogP contribution in [0.5, 0.6) is 11.5 Å². The third-order valence-corrected chi connectivity index (χ3v) is 3.99. The average Bonchev–Trinajstić information content (AvgIpc) is 3.02. The lowest BCUT2D eigenvalue weighted by Gasteiger charge is -2.33. The van der Waals surface area contributed by atoms with Crippen molar-refractivity contribution >= 4 is 0 Å². The lowest BCUT2D eigenvalue weighted by molar-refractivity contribution is 0.0705. The van der Waals surface area contributed by atoms with Crippen LogP contribution in [0.1, 0.15) is 32.6 Å². The van der Waals surface area contributed by atoms with E-state index in [1.165, 1.54) is 24.8 Å². The van der Waals surface area contributed by atoms with Crippen LogP contribution in [0.15, 0.2) is 35.9 Å². The molecule has 2 aliphatic rings. The molecule has 0 saturated heterocycles. The van der Waals surface area contributed by atoms with Crippen molar-refractivity contribution in [2.45, 2.75) is 44.8 Å². The van der Waals surface area contributed by atoms with E-state index in [9.17, 15) is 0 Å². The normalized spacial score (nSPS) is 22.4. The van der Waals surface area contributed by atoms with Crippen molar-refractivity contribution in [2.75, 3.05) is 13.2 Å². The fraction of sp³-hybridized carbons (Fsp3) is 0.529. The number of hydrogen-bond acceptors (Lipinski definition) is 3. The summed E-state index contributed by atoms with van der Waals surface area (Å²) in [5, 5.41) is 3.64. The second-order valence-corrected chi connectivity index (χ2v) is 5.52. The van der Waals surface area contributed by atoms with E-state index in [0.29, 0.717) is 6.61 Å². The Balaban J connectivity index is 1.75. The van der Waals surface area contributed by atoms with E-state index in [1.54, 1.807) is 0 Å². The number of benzene rings is 1. The highest BCUT2D eigenvalue weighted by Gasteiger charge is 2.31. The zero-order valence-electron chi connectivity index (χ0n) is 12.1. The van der Waals surface area contributed by atoms with Crippen LogP contribution in [-0.2, 0) is 0 Å². The molecule has 2 unspecified atom stereocenters. The van der Waals surface area contributed by atoms with Gasteiger partial charge in [-0.1, -0.05) is 30.7 Å². The first kappa shape index (κ1) is 13.5. The molecule has 0 radical (unpaired) electrons. The summed E-state index contributed by atoms with van der Waals surface area (Å²) in [5.74, 6) is 1.73. The average molecular weight is 273 g/mol. The van der Waals surface area contributed by atoms with Crippen molar-refractivity contribution in [1.82, 2.24) is 5.32 Å². The molecule has 3 nitrogen and oxygen atoms in total. The maximum absolute atomic E-state index is 6.18. The molecule has 1 aliphatic heterocycles. The Morgan fingerprint density at radius 1 is 1.30 bits per heavy atom. The predicted octanol–water partition coefficient (Wildman–Crippen LogP) is 3.30. The monoisotopic (exact) mass is 273 g/mol. The van der Waals surface area contributed by atoms with Crippen LogP contribution in [0.4, 0.5) is 0 Å². The zero-order chi connectivity index (χ0) is 13.8. The van der Waals surface area contributed by atoms with Crippen molar-refractivity contribution in [3.8, 4) is 11.5 Å². The molecule has 0 amide bonds. The summed E-state index contributed by atoms with van der Waals surface area (Å²) in [4.78, 5) is 0. The first-order valence-corrected chi connectivity index (χ1v) is 7.69. The molecule has 2 atom stereocenters. The quantitative estimate of drug-likeness (QED) is 0.835. The van der Waals surface area contributed by atoms with Gasteiger partial charge in [0.1, 0.15) is 6.61 Å². The van der Waals surface area contributed by atoms with Crippen LogP contribution in [0.3, 0.4) is 0 Å². The molecule has 0 fully saturated rings. The van der Waals surface area contributed by atoms with Crippen LogP contribution >= 0.6 is 0 Å². The summed E-state index contributed by atoms with van der Waals surface area (Å²) in [6.07, 6.45) is 7.22. The summed E-state index contributed by atoms with van der Waals surface area (Å²) in [6, 6.07) is 8.21. The largest absolute Gasteiger partial charge is 0.486 e. The van der Waals surface area contributed by atoms with Gasteiger partial charge in [-0.05, 0) is 44.4 Å². The van der Waals surface area contributed by atoms with Crippen LogP contribution in [0, 0.1) is 0 Å². The van der Waals surface area contributed by atoms with Crippen LogP contribution in [-0.4, -0.2) is 25.3 Å². The predicted molar refractivity (Wildman–Crippen MR) is 80.4 cm³/mol. The van der Waals surface area contributed by atoms with Gasteiger partial charge in [0, 0.05) is 0 Å². The third-order valence-electron chi connectivity index (χ3n) is 3.99. The van der Waals surface area contributed by atoms with E-state index in [1.807, 2.05) is 24.3 Å². The fourth-order valence-electron chi connectivity index (χ4n) is 2.98. The summed E-state index contributed by atoms with van der Waals surface area (Å²) in [6.45, 7) is 3.83. The van der Waals surface area contributed by atoms with Crippen LogP contribution in [0.2, 0.25) is 0 Å². The van der Waals surface area contributed by atoms with Crippen molar-refractivity contribution < 1.29 is 9.47 Å². The number of hydrogen-bond donors (Lipinski definition) is 1. The van der Waals surface area contributed by atoms with E-state index in [-0.39, 0.29) is 12.1 Å². The Bertz CT molecular complexity index is 484. The van der Waals surface area contributed by atoms with Gasteiger partial charge in [0.15, 0.2) is 17.6 Å². The Labute approximate surface area is 121 Å². The molecule has 0 spiro atoms. The second kappa shape index (κ2) is 6.31. The molecular formula is C17H23NO2. The van der Waals surface area contributed by atoms with Crippen molar-refractivity contribution in [3.05, 3.63) is 35.9 Å². The standard InChI is InChI=1S/C17H23NO2/c1-2-11-18-17(13-7-3-4-8-13)16-12-19-14-9-5-6-10-15(14)20-16/h5-7,9-10,16-18H,2-4,8,11-12H2,1H3. The molecular weight excluding hydrogens is 250 g/mol. The van der Waals surface area contributed by atoms with Gasteiger partial charge in [0.2, 0.25) is 0 Å². The fourth-order valence-corrected chi connectivity index (χ4v) is 2.98. The minimum atomic E-state index is 0.0702. The SMILES string of the molecule is CCCNC(C1=CCCC1)C1COc2ccccc2O1. The van der Waals surface area contributed by atoms with Gasteiger partial charge in [0.25, 0.3) is 0 Å². The lowest BCUT2D eigenvalue weighted by Crippen LogP contribution is -2.49. The van der Waals surface area contributed by atoms with Gasteiger partial charge >= 0.3 is 0 Å². The van der Waals surface area contributed by atoms with Crippen LogP contribution < -0.4 is 14.8 Å². The summed E-state index contributed by atoms with van der Waals surface area (Å²) in [7, 11) is 0. The van der Waals surface area contributed by atoms with E-state index < -0.39 is 0 Å². The number of rotatable bonds is 5. The lowest BCUT2D eigenvalue weighted by atomic mass is 10.00. The van der Waals surface area contributed by atoms with Crippen molar-refractivity contribution in [2.24, 2.45) is 0 Å². The van der Waals surface area contributed by atoms with E-state index in [0.717, 1.165) is 24.5 Å². The number of para-hydroxylation sites is 2. The minimum Gasteiger partial charge on any atom is -0.486 e. The first-order valence-electron chi connectivity index (χ1n) is 7.69. The topological polar surface area (TPSA) is 30.5 Å². The highest BCUT2D eigenvalue weighted by atomic mass is 16.6. The Morgan fingerprint density at radius 2 is 2.15 bits per heavy atom. The Hall–Kier alpha value is -1.48. The van der Waals surface area contributed by atoms with Gasteiger partial charge in [-0.25, -0.2) is 0 Å². The van der Waals surface area contributed by atoms with Crippen molar-refractivity contribution in [1.29, 1.82) is 0 Å². The molecule has 108 valence electrons. The highest BCUT2D eigenvalue weighted by molar-refractivity contribution is 5.41. The molecule has 1 aromatic rings. The third kappa shape index (κ3) is 2.83. The number of allylic oxidation sites excluding steroid dienone is 1. The van der Waals surface area contributed by atoms with Gasteiger partial charge in [-0.15, -0.1) is 0 Å². The van der Waals surface area contributed by atoms with Gasteiger partial charge in [0.05, 0.1) is 6.04 Å². The summed E-state index contributed by atoms with van der Waals surface area (Å²) in [5.41, 5.74) is 1.49. The highest BCUT2D eigenvalue weighted by Crippen LogP contribution is 2.33. The van der Waals surface area contributed by atoms with Gasteiger partial charge in [-0.3, -0.25) is 0 Å². The molecule has 0 aromatic heterocycles. The molecule has 20 heavy (non-hydrogen) atoms. The van der Waals surface area contributed by atoms with Gasteiger partial charge in [-0.2, -0.15) is 0 Å². The number of nitrogens with one attached hydrogen (secondary N) is 1. The van der Waals surface area contributed by atoms with Gasteiger partial charge < -0.3 is 14.8 Å². The maximum atomic E-state index is 6.18. The summed E-state index contributed by atoms with van der Waals surface area (Å²) >= 11 is 0. The van der Waals surface area contributed by atoms with E-state index in [4.69, 9.17) is 9.47 Å². The Kier molecular flexibility index (Phi) is 4.26. The molecule has 3 rings (SSSR count). The molecule has 1 N–H and O–H groups in total. The number of ether oxygens (including phenoxy) is 2. The number of fused-ring (bicyclic) bond motifs is 1. The minimum absolute atomic E-state index is 0.0702. The second-order valence-electron chi connectivity index (χ2n) is 5.52. The molecule has 0 saturated carbocycles. The first-order chi connectivity index (χ1) is 9.88. The molecule has 3 heteroatoms. The molecule has 0 bridgehead atoms. The maximum Gasteiger partial charge on any atom is 0.161 e. The summed E-state index contributed by atoms with van der Waals surface area (Å²) < 4.78 is 12.0. The smallest absolute Gasteiger partial charge is 0.161 e. The van der Waals surface area contributed by atoms with Crippen LogP contribution in [0.25, 0.3) is 0 Å². The van der Waals surface area contributed by atoms with Crippen molar-refractivity contribution in [3.63, 3.8) is 0 Å². The zero-order valence-corrected chi connectivity index (χ0v) is 12.1. The Morgan fingerprint density at radius 3 is 2.90 bits per heavy atom. The van der Waals surface area contributed by atoms with E-state index in [2.05, 4.69) is 18.3 Å². The van der Waals surface area contributed by atoms with E-state index >= 15 is 0 Å². The molecule has 1 aliphatic carbocycles. The molecule has 1 heterocycles. The molecule has 1 aromatic carbocycles.